The van der Waals surface area contributed by atoms with E-state index >= 15 is 0 Å². The second kappa shape index (κ2) is 8.33. The van der Waals surface area contributed by atoms with E-state index in [-0.39, 0.29) is 6.61 Å². The highest BCUT2D eigenvalue weighted by molar-refractivity contribution is 5.67. The molecule has 1 heterocycles. The van der Waals surface area contributed by atoms with E-state index in [1.54, 1.807) is 6.08 Å². The van der Waals surface area contributed by atoms with Gasteiger partial charge < -0.3 is 18.9 Å². The molecule has 124 valence electrons. The quantitative estimate of drug-likeness (QED) is 0.746. The highest BCUT2D eigenvalue weighted by Crippen LogP contribution is 2.20. The summed E-state index contributed by atoms with van der Waals surface area (Å²) in [5.74, 6) is -0.929. The largest absolute Gasteiger partial charge is 0.492 e. The summed E-state index contributed by atoms with van der Waals surface area (Å²) in [5, 5.41) is 0. The molecule has 23 heavy (non-hydrogen) atoms. The summed E-state index contributed by atoms with van der Waals surface area (Å²) in [6, 6.07) is 9.69. The molecule has 6 heteroatoms. The number of esters is 2. The first-order chi connectivity index (χ1) is 11.1. The zero-order valence-electron chi connectivity index (χ0n) is 13.1. The smallest absolute Gasteiger partial charge is 0.303 e. The first-order valence-electron chi connectivity index (χ1n) is 7.34. The van der Waals surface area contributed by atoms with E-state index in [1.165, 1.54) is 20.1 Å². The highest BCUT2D eigenvalue weighted by Gasteiger charge is 2.37. The Balaban J connectivity index is 1.95. The predicted octanol–water partition coefficient (Wildman–Crippen LogP) is 1.98. The van der Waals surface area contributed by atoms with Crippen LogP contribution in [0.2, 0.25) is 0 Å². The summed E-state index contributed by atoms with van der Waals surface area (Å²) >= 11 is 0. The SMILES string of the molecule is CC(=O)O[C@@H]1[C@H](OC(C)=O)C=CO[C@@H]1COCc1ccccc1. The van der Waals surface area contributed by atoms with Gasteiger partial charge in [-0.2, -0.15) is 0 Å². The number of hydrogen-bond donors (Lipinski definition) is 0. The molecule has 0 radical (unpaired) electrons. The van der Waals surface area contributed by atoms with Crippen molar-refractivity contribution in [1.29, 1.82) is 0 Å². The van der Waals surface area contributed by atoms with Gasteiger partial charge in [0, 0.05) is 13.8 Å². The van der Waals surface area contributed by atoms with Gasteiger partial charge in [-0.3, -0.25) is 9.59 Å². The molecule has 0 aromatic heterocycles. The molecule has 1 aromatic carbocycles. The molecule has 0 bridgehead atoms. The van der Waals surface area contributed by atoms with Crippen LogP contribution in [-0.4, -0.2) is 36.9 Å². The van der Waals surface area contributed by atoms with Crippen LogP contribution in [0.15, 0.2) is 42.7 Å². The minimum Gasteiger partial charge on any atom is -0.492 e. The molecular formula is C17H20O6. The van der Waals surface area contributed by atoms with Crippen molar-refractivity contribution in [3.05, 3.63) is 48.2 Å². The second-order valence-corrected chi connectivity index (χ2v) is 5.15. The third-order valence-electron chi connectivity index (χ3n) is 3.21. The van der Waals surface area contributed by atoms with Gasteiger partial charge in [0.2, 0.25) is 0 Å². The van der Waals surface area contributed by atoms with Crippen LogP contribution in [0, 0.1) is 0 Å². The van der Waals surface area contributed by atoms with Crippen LogP contribution in [-0.2, 0) is 35.1 Å². The Morgan fingerprint density at radius 2 is 1.78 bits per heavy atom. The van der Waals surface area contributed by atoms with Crippen molar-refractivity contribution in [2.45, 2.75) is 38.8 Å². The molecule has 0 spiro atoms. The van der Waals surface area contributed by atoms with Crippen LogP contribution in [0.3, 0.4) is 0 Å². The zero-order valence-corrected chi connectivity index (χ0v) is 13.1. The van der Waals surface area contributed by atoms with E-state index in [0.717, 1.165) is 5.56 Å². The molecular weight excluding hydrogens is 300 g/mol. The predicted molar refractivity (Wildman–Crippen MR) is 81.2 cm³/mol. The second-order valence-electron chi connectivity index (χ2n) is 5.15. The van der Waals surface area contributed by atoms with Crippen molar-refractivity contribution < 1.29 is 28.5 Å². The minimum absolute atomic E-state index is 0.203. The number of ether oxygens (including phenoxy) is 4. The Bertz CT molecular complexity index is 553. The fourth-order valence-electron chi connectivity index (χ4n) is 2.26. The van der Waals surface area contributed by atoms with Crippen molar-refractivity contribution in [3.63, 3.8) is 0 Å². The molecule has 0 saturated heterocycles. The summed E-state index contributed by atoms with van der Waals surface area (Å²) in [7, 11) is 0. The molecule has 6 nitrogen and oxygen atoms in total. The van der Waals surface area contributed by atoms with Gasteiger partial charge in [-0.05, 0) is 11.6 Å². The average molecular weight is 320 g/mol. The molecule has 0 amide bonds. The van der Waals surface area contributed by atoms with Crippen molar-refractivity contribution in [2.24, 2.45) is 0 Å². The number of benzene rings is 1. The maximum absolute atomic E-state index is 11.3. The van der Waals surface area contributed by atoms with Crippen LogP contribution < -0.4 is 0 Å². The van der Waals surface area contributed by atoms with Gasteiger partial charge in [-0.15, -0.1) is 0 Å². The summed E-state index contributed by atoms with van der Waals surface area (Å²) < 4.78 is 21.5. The van der Waals surface area contributed by atoms with E-state index < -0.39 is 30.3 Å². The molecule has 0 aliphatic carbocycles. The molecule has 3 atom stereocenters. The van der Waals surface area contributed by atoms with Crippen molar-refractivity contribution in [3.8, 4) is 0 Å². The van der Waals surface area contributed by atoms with Crippen molar-refractivity contribution in [1.82, 2.24) is 0 Å². The van der Waals surface area contributed by atoms with Crippen LogP contribution >= 0.6 is 0 Å². The van der Waals surface area contributed by atoms with Gasteiger partial charge in [-0.1, -0.05) is 30.3 Å². The summed E-state index contributed by atoms with van der Waals surface area (Å²) in [6.07, 6.45) is 1.01. The lowest BCUT2D eigenvalue weighted by Gasteiger charge is -2.33. The summed E-state index contributed by atoms with van der Waals surface area (Å²) in [5.41, 5.74) is 1.03. The van der Waals surface area contributed by atoms with Crippen LogP contribution in [0.1, 0.15) is 19.4 Å². The van der Waals surface area contributed by atoms with Crippen LogP contribution in [0.5, 0.6) is 0 Å². The van der Waals surface area contributed by atoms with Gasteiger partial charge in [0.15, 0.2) is 18.3 Å². The van der Waals surface area contributed by atoms with E-state index in [1.807, 2.05) is 30.3 Å². The maximum Gasteiger partial charge on any atom is 0.303 e. The van der Waals surface area contributed by atoms with Gasteiger partial charge in [-0.25, -0.2) is 0 Å². The van der Waals surface area contributed by atoms with Crippen LogP contribution in [0.25, 0.3) is 0 Å². The standard InChI is InChI=1S/C17H20O6/c1-12(18)22-15-8-9-21-16(17(15)23-13(2)19)11-20-10-14-6-4-3-5-7-14/h3-9,15-17H,10-11H2,1-2H3/t15-,16-,17-/m1/s1. The van der Waals surface area contributed by atoms with E-state index in [0.29, 0.717) is 6.61 Å². The van der Waals surface area contributed by atoms with Crippen molar-refractivity contribution >= 4 is 11.9 Å². The third kappa shape index (κ3) is 5.41. The third-order valence-corrected chi connectivity index (χ3v) is 3.21. The zero-order chi connectivity index (χ0) is 16.7. The topological polar surface area (TPSA) is 71.1 Å². The fraction of sp³-hybridized carbons (Fsp3) is 0.412. The molecule has 0 unspecified atom stereocenters. The number of carbonyl (C=O) groups excluding carboxylic acids is 2. The number of rotatable bonds is 6. The lowest BCUT2D eigenvalue weighted by atomic mass is 10.1. The summed E-state index contributed by atoms with van der Waals surface area (Å²) in [6.45, 7) is 3.21. The van der Waals surface area contributed by atoms with Crippen molar-refractivity contribution in [2.75, 3.05) is 6.61 Å². The molecule has 1 aliphatic heterocycles. The molecule has 0 fully saturated rings. The lowest BCUT2D eigenvalue weighted by molar-refractivity contribution is -0.177. The van der Waals surface area contributed by atoms with Gasteiger partial charge in [0.05, 0.1) is 19.5 Å². The fourth-order valence-corrected chi connectivity index (χ4v) is 2.26. The molecule has 0 saturated carbocycles. The van der Waals surface area contributed by atoms with Crippen LogP contribution in [0.4, 0.5) is 0 Å². The first kappa shape index (κ1) is 17.0. The summed E-state index contributed by atoms with van der Waals surface area (Å²) in [4.78, 5) is 22.5. The van der Waals surface area contributed by atoms with E-state index in [4.69, 9.17) is 18.9 Å². The molecule has 2 rings (SSSR count). The molecule has 1 aromatic rings. The first-order valence-corrected chi connectivity index (χ1v) is 7.34. The number of carbonyl (C=O) groups is 2. The average Bonchev–Trinajstić information content (AvgIpc) is 2.50. The Morgan fingerprint density at radius 3 is 2.43 bits per heavy atom. The molecule has 1 aliphatic rings. The van der Waals surface area contributed by atoms with Gasteiger partial charge in [0.1, 0.15) is 0 Å². The van der Waals surface area contributed by atoms with E-state index in [2.05, 4.69) is 0 Å². The number of hydrogen-bond acceptors (Lipinski definition) is 6. The minimum atomic E-state index is -0.739. The molecule has 0 N–H and O–H groups in total. The maximum atomic E-state index is 11.3. The monoisotopic (exact) mass is 320 g/mol. The Morgan fingerprint density at radius 1 is 1.09 bits per heavy atom. The Labute approximate surface area is 135 Å². The lowest BCUT2D eigenvalue weighted by Crippen LogP contribution is -2.47. The normalized spacial score (nSPS) is 23.0. The highest BCUT2D eigenvalue weighted by atomic mass is 16.6. The Kier molecular flexibility index (Phi) is 6.17. The van der Waals surface area contributed by atoms with E-state index in [9.17, 15) is 9.59 Å². The Hall–Kier alpha value is -2.34. The van der Waals surface area contributed by atoms with Gasteiger partial charge in [0.25, 0.3) is 0 Å². The van der Waals surface area contributed by atoms with Gasteiger partial charge >= 0.3 is 11.9 Å².